The van der Waals surface area contributed by atoms with Gasteiger partial charge in [0.25, 0.3) is 0 Å². The standard InChI is InChI=1S/C17H12Cl2N2O3/c18-11-4-3-5-12(19)16(11)23-8-9-24-17(22)15-10-20-13-6-1-2-7-14(13)21-15/h1-7,10H,8-9H2. The van der Waals surface area contributed by atoms with Gasteiger partial charge in [-0.1, -0.05) is 41.4 Å². The highest BCUT2D eigenvalue weighted by molar-refractivity contribution is 6.37. The first-order valence-electron chi connectivity index (χ1n) is 7.11. The Bertz CT molecular complexity index is 866. The summed E-state index contributed by atoms with van der Waals surface area (Å²) in [6.45, 7) is 0.158. The summed E-state index contributed by atoms with van der Waals surface area (Å²) in [7, 11) is 0. The molecule has 0 saturated heterocycles. The molecule has 7 heteroatoms. The van der Waals surface area contributed by atoms with Gasteiger partial charge in [-0.15, -0.1) is 0 Å². The molecule has 24 heavy (non-hydrogen) atoms. The molecule has 2 aromatic carbocycles. The number of aromatic nitrogens is 2. The van der Waals surface area contributed by atoms with E-state index >= 15 is 0 Å². The van der Waals surface area contributed by atoms with E-state index in [9.17, 15) is 4.79 Å². The first-order valence-corrected chi connectivity index (χ1v) is 7.86. The minimum atomic E-state index is -0.567. The van der Waals surface area contributed by atoms with Gasteiger partial charge in [0.2, 0.25) is 0 Å². The van der Waals surface area contributed by atoms with Crippen molar-refractivity contribution in [3.05, 3.63) is 64.4 Å². The molecular weight excluding hydrogens is 351 g/mol. The van der Waals surface area contributed by atoms with E-state index in [-0.39, 0.29) is 18.9 Å². The second-order valence-corrected chi connectivity index (χ2v) is 5.59. The molecule has 122 valence electrons. The van der Waals surface area contributed by atoms with Crippen LogP contribution in [0.2, 0.25) is 10.0 Å². The summed E-state index contributed by atoms with van der Waals surface area (Å²) in [6, 6.07) is 12.3. The minimum absolute atomic E-state index is 0.0366. The lowest BCUT2D eigenvalue weighted by Crippen LogP contribution is -2.14. The number of hydrogen-bond donors (Lipinski definition) is 0. The summed E-state index contributed by atoms with van der Waals surface area (Å²) < 4.78 is 10.6. The maximum Gasteiger partial charge on any atom is 0.358 e. The number of benzene rings is 2. The molecule has 0 unspecified atom stereocenters. The molecule has 1 heterocycles. The molecule has 0 fully saturated rings. The van der Waals surface area contributed by atoms with Crippen molar-refractivity contribution in [1.29, 1.82) is 0 Å². The molecule has 1 aromatic heterocycles. The number of carbonyl (C=O) groups is 1. The summed E-state index contributed by atoms with van der Waals surface area (Å²) >= 11 is 12.0. The first kappa shape index (κ1) is 16.5. The lowest BCUT2D eigenvalue weighted by Gasteiger charge is -2.10. The molecule has 3 rings (SSSR count). The number of halogens is 2. The fraction of sp³-hybridized carbons (Fsp3) is 0.118. The van der Waals surface area contributed by atoms with Gasteiger partial charge in [0.1, 0.15) is 13.2 Å². The largest absolute Gasteiger partial charge is 0.487 e. The van der Waals surface area contributed by atoms with Crippen molar-refractivity contribution in [3.8, 4) is 5.75 Å². The average molecular weight is 363 g/mol. The number of esters is 1. The van der Waals surface area contributed by atoms with Crippen LogP contribution in [0.5, 0.6) is 5.75 Å². The lowest BCUT2D eigenvalue weighted by atomic mass is 10.3. The SMILES string of the molecule is O=C(OCCOc1c(Cl)cccc1Cl)c1cnc2ccccc2n1. The van der Waals surface area contributed by atoms with Crippen molar-refractivity contribution in [1.82, 2.24) is 9.97 Å². The third kappa shape index (κ3) is 3.75. The number of hydrogen-bond acceptors (Lipinski definition) is 5. The Morgan fingerprint density at radius 1 is 0.958 bits per heavy atom. The van der Waals surface area contributed by atoms with Gasteiger partial charge in [-0.05, 0) is 24.3 Å². The summed E-state index contributed by atoms with van der Waals surface area (Å²) in [5, 5.41) is 0.795. The summed E-state index contributed by atoms with van der Waals surface area (Å²) in [5.74, 6) is -0.204. The number of ether oxygens (including phenoxy) is 2. The van der Waals surface area contributed by atoms with Gasteiger partial charge in [-0.2, -0.15) is 0 Å². The van der Waals surface area contributed by atoms with Crippen LogP contribution in [0.25, 0.3) is 11.0 Å². The fourth-order valence-corrected chi connectivity index (χ4v) is 2.53. The van der Waals surface area contributed by atoms with Crippen LogP contribution in [0.3, 0.4) is 0 Å². The Labute approximate surface area is 148 Å². The van der Waals surface area contributed by atoms with E-state index in [1.54, 1.807) is 24.3 Å². The monoisotopic (exact) mass is 362 g/mol. The topological polar surface area (TPSA) is 61.3 Å². The highest BCUT2D eigenvalue weighted by Gasteiger charge is 2.11. The Kier molecular flexibility index (Phi) is 5.13. The zero-order chi connectivity index (χ0) is 16.9. The molecule has 0 spiro atoms. The molecular formula is C17H12Cl2N2O3. The molecule has 0 radical (unpaired) electrons. The van der Waals surface area contributed by atoms with Gasteiger partial charge in [-0.3, -0.25) is 4.98 Å². The average Bonchev–Trinajstić information content (AvgIpc) is 2.60. The van der Waals surface area contributed by atoms with Crippen molar-refractivity contribution in [2.24, 2.45) is 0 Å². The molecule has 0 aliphatic rings. The molecule has 3 aromatic rings. The lowest BCUT2D eigenvalue weighted by molar-refractivity contribution is 0.0444. The second-order valence-electron chi connectivity index (χ2n) is 4.78. The van der Waals surface area contributed by atoms with Crippen LogP contribution in [0, 0.1) is 0 Å². The molecule has 0 amide bonds. The van der Waals surface area contributed by atoms with Crippen molar-refractivity contribution in [3.63, 3.8) is 0 Å². The number of fused-ring (bicyclic) bond motifs is 1. The summed E-state index contributed by atoms with van der Waals surface area (Å²) in [5.41, 5.74) is 1.49. The van der Waals surface area contributed by atoms with Crippen LogP contribution < -0.4 is 4.74 Å². The third-order valence-electron chi connectivity index (χ3n) is 3.14. The fourth-order valence-electron chi connectivity index (χ4n) is 2.03. The highest BCUT2D eigenvalue weighted by atomic mass is 35.5. The first-order chi connectivity index (χ1) is 11.6. The Balaban J connectivity index is 1.57. The van der Waals surface area contributed by atoms with Gasteiger partial charge < -0.3 is 9.47 Å². The predicted molar refractivity (Wildman–Crippen MR) is 91.8 cm³/mol. The van der Waals surface area contributed by atoms with Crippen LogP contribution in [-0.2, 0) is 4.74 Å². The Morgan fingerprint density at radius 3 is 2.42 bits per heavy atom. The van der Waals surface area contributed by atoms with Crippen molar-refractivity contribution in [2.75, 3.05) is 13.2 Å². The van der Waals surface area contributed by atoms with E-state index in [0.717, 1.165) is 0 Å². The summed E-state index contributed by atoms with van der Waals surface area (Å²) in [6.07, 6.45) is 1.39. The second kappa shape index (κ2) is 7.47. The zero-order valence-electron chi connectivity index (χ0n) is 12.4. The normalized spacial score (nSPS) is 10.6. The minimum Gasteiger partial charge on any atom is -0.487 e. The molecule has 0 aliphatic heterocycles. The zero-order valence-corrected chi connectivity index (χ0v) is 13.9. The quantitative estimate of drug-likeness (QED) is 0.503. The van der Waals surface area contributed by atoms with E-state index in [0.29, 0.717) is 26.8 Å². The van der Waals surface area contributed by atoms with Crippen LogP contribution in [0.4, 0.5) is 0 Å². The van der Waals surface area contributed by atoms with E-state index in [2.05, 4.69) is 9.97 Å². The third-order valence-corrected chi connectivity index (χ3v) is 3.73. The van der Waals surface area contributed by atoms with Gasteiger partial charge in [0, 0.05) is 0 Å². The van der Waals surface area contributed by atoms with Crippen molar-refractivity contribution in [2.45, 2.75) is 0 Å². The van der Waals surface area contributed by atoms with E-state index in [1.807, 2.05) is 18.2 Å². The molecule has 5 nitrogen and oxygen atoms in total. The Hall–Kier alpha value is -2.37. The number of nitrogens with zero attached hydrogens (tertiary/aromatic N) is 2. The van der Waals surface area contributed by atoms with E-state index in [4.69, 9.17) is 32.7 Å². The van der Waals surface area contributed by atoms with Gasteiger partial charge in [-0.25, -0.2) is 9.78 Å². The van der Waals surface area contributed by atoms with E-state index in [1.165, 1.54) is 6.20 Å². The number of carbonyl (C=O) groups excluding carboxylic acids is 1. The molecule has 0 saturated carbocycles. The smallest absolute Gasteiger partial charge is 0.358 e. The van der Waals surface area contributed by atoms with Gasteiger partial charge in [0.15, 0.2) is 11.4 Å². The summed E-state index contributed by atoms with van der Waals surface area (Å²) in [4.78, 5) is 20.4. The van der Waals surface area contributed by atoms with Crippen molar-refractivity contribution >= 4 is 40.2 Å². The predicted octanol–water partition coefficient (Wildman–Crippen LogP) is 4.17. The number of para-hydroxylation sites is 3. The van der Waals surface area contributed by atoms with Crippen molar-refractivity contribution < 1.29 is 14.3 Å². The Morgan fingerprint density at radius 2 is 1.67 bits per heavy atom. The molecule has 0 atom stereocenters. The van der Waals surface area contributed by atoms with E-state index < -0.39 is 5.97 Å². The number of rotatable bonds is 5. The maximum absolute atomic E-state index is 12.0. The van der Waals surface area contributed by atoms with Crippen LogP contribution in [0.15, 0.2) is 48.7 Å². The highest BCUT2D eigenvalue weighted by Crippen LogP contribution is 2.32. The van der Waals surface area contributed by atoms with Crippen LogP contribution >= 0.6 is 23.2 Å². The van der Waals surface area contributed by atoms with Crippen LogP contribution in [0.1, 0.15) is 10.5 Å². The van der Waals surface area contributed by atoms with Gasteiger partial charge in [0.05, 0.1) is 27.3 Å². The van der Waals surface area contributed by atoms with Gasteiger partial charge >= 0.3 is 5.97 Å². The molecule has 0 bridgehead atoms. The molecule has 0 aliphatic carbocycles. The maximum atomic E-state index is 12.0. The van der Waals surface area contributed by atoms with Crippen LogP contribution in [-0.4, -0.2) is 29.2 Å². The molecule has 0 N–H and O–H groups in total.